The minimum atomic E-state index is -1.11. The minimum absolute atomic E-state index is 0.0700. The first-order valence-electron chi connectivity index (χ1n) is 9.94. The Morgan fingerprint density at radius 1 is 1.46 bits per heavy atom. The maximum absolute atomic E-state index is 14.0. The summed E-state index contributed by atoms with van der Waals surface area (Å²) in [4.78, 5) is 20.3. The van der Waals surface area contributed by atoms with Crippen molar-refractivity contribution in [2.24, 2.45) is 11.3 Å². The molecule has 0 radical (unpaired) electrons. The molecule has 2 fully saturated rings. The Labute approximate surface area is 164 Å². The number of nitrogens with zero attached hydrogens (tertiary/aromatic N) is 2. The smallest absolute Gasteiger partial charge is 0.309 e. The summed E-state index contributed by atoms with van der Waals surface area (Å²) in [6.07, 6.45) is 3.80. The molecule has 9 heteroatoms. The average molecular weight is 395 g/mol. The van der Waals surface area contributed by atoms with E-state index in [-0.39, 0.29) is 24.6 Å². The topological polar surface area (TPSA) is 122 Å². The van der Waals surface area contributed by atoms with Crippen LogP contribution in [-0.4, -0.2) is 52.5 Å². The fourth-order valence-electron chi connectivity index (χ4n) is 4.23. The number of carboxylic acids is 1. The van der Waals surface area contributed by atoms with Crippen LogP contribution in [0.25, 0.3) is 0 Å². The number of halogens is 1. The van der Waals surface area contributed by atoms with E-state index in [4.69, 9.17) is 10.5 Å². The van der Waals surface area contributed by atoms with Gasteiger partial charge in [0.05, 0.1) is 29.9 Å². The number of anilines is 3. The third-order valence-corrected chi connectivity index (χ3v) is 6.22. The number of aliphatic carboxylic acids is 1. The Hall–Kier alpha value is -2.16. The van der Waals surface area contributed by atoms with E-state index in [1.807, 2.05) is 13.8 Å². The zero-order valence-corrected chi connectivity index (χ0v) is 16.4. The number of carbonyl (C=O) groups is 1. The number of alkyl halides is 1. The molecule has 8 nitrogen and oxygen atoms in total. The minimum Gasteiger partial charge on any atom is -0.481 e. The molecule has 2 heterocycles. The number of hydrogen-bond acceptors (Lipinski definition) is 7. The Balaban J connectivity index is 1.68. The van der Waals surface area contributed by atoms with Crippen molar-refractivity contribution in [2.75, 3.05) is 29.6 Å². The van der Waals surface area contributed by atoms with Crippen molar-refractivity contribution in [3.8, 4) is 0 Å². The highest BCUT2D eigenvalue weighted by Crippen LogP contribution is 2.43. The van der Waals surface area contributed by atoms with Crippen LogP contribution in [0, 0.1) is 11.3 Å². The Bertz CT molecular complexity index is 706. The average Bonchev–Trinajstić information content (AvgIpc) is 2.67. The third-order valence-electron chi connectivity index (χ3n) is 6.22. The molecule has 0 bridgehead atoms. The van der Waals surface area contributed by atoms with E-state index in [0.29, 0.717) is 36.9 Å². The van der Waals surface area contributed by atoms with Gasteiger partial charge in [-0.1, -0.05) is 13.3 Å². The van der Waals surface area contributed by atoms with Crippen molar-refractivity contribution in [1.29, 1.82) is 0 Å². The molecule has 1 unspecified atom stereocenters. The molecule has 0 amide bonds. The van der Waals surface area contributed by atoms with E-state index in [9.17, 15) is 14.3 Å². The predicted molar refractivity (Wildman–Crippen MR) is 105 cm³/mol. The van der Waals surface area contributed by atoms with Crippen LogP contribution in [0.3, 0.4) is 0 Å². The zero-order chi connectivity index (χ0) is 20.3. The quantitative estimate of drug-likeness (QED) is 0.580. The molecule has 0 aromatic carbocycles. The van der Waals surface area contributed by atoms with Gasteiger partial charge in [-0.3, -0.25) is 4.79 Å². The van der Waals surface area contributed by atoms with Crippen molar-refractivity contribution in [2.45, 2.75) is 64.2 Å². The van der Waals surface area contributed by atoms with Gasteiger partial charge in [0.2, 0.25) is 5.95 Å². The molecule has 3 rings (SSSR count). The number of ether oxygens (including phenoxy) is 1. The van der Waals surface area contributed by atoms with Crippen LogP contribution >= 0.6 is 0 Å². The van der Waals surface area contributed by atoms with E-state index < -0.39 is 17.6 Å². The summed E-state index contributed by atoms with van der Waals surface area (Å²) in [7, 11) is 0. The lowest BCUT2D eigenvalue weighted by Gasteiger charge is -2.41. The molecule has 1 aliphatic heterocycles. The first-order valence-corrected chi connectivity index (χ1v) is 9.94. The number of nitrogens with two attached hydrogens (primary N) is 1. The maximum atomic E-state index is 14.0. The summed E-state index contributed by atoms with van der Waals surface area (Å²) in [5.41, 5.74) is 5.74. The fourth-order valence-corrected chi connectivity index (χ4v) is 4.23. The molecule has 1 saturated heterocycles. The first kappa shape index (κ1) is 20.6. The van der Waals surface area contributed by atoms with Crippen LogP contribution in [0.2, 0.25) is 0 Å². The number of nitrogen functional groups attached to an aromatic ring is 1. The van der Waals surface area contributed by atoms with Gasteiger partial charge in [-0.2, -0.15) is 4.98 Å². The van der Waals surface area contributed by atoms with Crippen molar-refractivity contribution in [1.82, 2.24) is 9.97 Å². The summed E-state index contributed by atoms with van der Waals surface area (Å²) in [6, 6.07) is -0.305. The van der Waals surface area contributed by atoms with E-state index in [0.717, 1.165) is 19.3 Å². The molecule has 1 saturated carbocycles. The van der Waals surface area contributed by atoms with Crippen LogP contribution in [0.5, 0.6) is 0 Å². The van der Waals surface area contributed by atoms with Crippen LogP contribution in [0.4, 0.5) is 21.8 Å². The first-order chi connectivity index (χ1) is 13.3. The molecule has 1 aromatic rings. The normalized spacial score (nSPS) is 33.2. The van der Waals surface area contributed by atoms with Crippen LogP contribution in [0.1, 0.15) is 46.0 Å². The van der Waals surface area contributed by atoms with Crippen molar-refractivity contribution in [3.63, 3.8) is 0 Å². The third kappa shape index (κ3) is 4.29. The molecule has 2 aliphatic rings. The molecule has 5 atom stereocenters. The summed E-state index contributed by atoms with van der Waals surface area (Å²) < 4.78 is 19.1. The van der Waals surface area contributed by atoms with Crippen molar-refractivity contribution >= 4 is 23.4 Å². The maximum Gasteiger partial charge on any atom is 0.309 e. The van der Waals surface area contributed by atoms with Gasteiger partial charge >= 0.3 is 5.97 Å². The monoisotopic (exact) mass is 395 g/mol. The lowest BCUT2D eigenvalue weighted by molar-refractivity contribution is -0.153. The molecular weight excluding hydrogens is 365 g/mol. The summed E-state index contributed by atoms with van der Waals surface area (Å²) in [6.45, 7) is 4.43. The molecule has 28 heavy (non-hydrogen) atoms. The van der Waals surface area contributed by atoms with Crippen LogP contribution in [-0.2, 0) is 9.53 Å². The molecule has 1 aromatic heterocycles. The van der Waals surface area contributed by atoms with Crippen molar-refractivity contribution < 1.29 is 19.0 Å². The van der Waals surface area contributed by atoms with Crippen molar-refractivity contribution in [3.05, 3.63) is 6.20 Å². The molecule has 5 N–H and O–H groups in total. The van der Waals surface area contributed by atoms with Crippen LogP contribution < -0.4 is 16.4 Å². The van der Waals surface area contributed by atoms with Gasteiger partial charge in [-0.15, -0.1) is 0 Å². The highest BCUT2D eigenvalue weighted by atomic mass is 19.1. The fraction of sp³-hybridized carbons (Fsp3) is 0.737. The van der Waals surface area contributed by atoms with Crippen LogP contribution in [0.15, 0.2) is 6.20 Å². The molecule has 1 aliphatic carbocycles. The Morgan fingerprint density at radius 2 is 2.25 bits per heavy atom. The van der Waals surface area contributed by atoms with E-state index in [1.165, 1.54) is 6.20 Å². The lowest BCUT2D eigenvalue weighted by atomic mass is 9.65. The standard InChI is InChI=1S/C19H30FN5O3/c1-3-11-8-12(4-6-19(11,2)17(26)27)23-16-14(21)9-22-18(25-16)24-15-5-7-28-10-13(15)20/h9,11-13,15H,3-8,10,21H2,1-2H3,(H,26,27)(H2,22,23,24,25)/t11?,12-,13+,15-,19+/m0/s1. The van der Waals surface area contributed by atoms with E-state index >= 15 is 0 Å². The lowest BCUT2D eigenvalue weighted by Crippen LogP contribution is -2.44. The summed E-state index contributed by atoms with van der Waals surface area (Å²) in [5, 5.41) is 16.0. The second-order valence-electron chi connectivity index (χ2n) is 8.07. The highest BCUT2D eigenvalue weighted by Gasteiger charge is 2.44. The second-order valence-corrected chi connectivity index (χ2v) is 8.07. The molecule has 156 valence electrons. The van der Waals surface area contributed by atoms with Gasteiger partial charge in [0.25, 0.3) is 0 Å². The van der Waals surface area contributed by atoms with Gasteiger partial charge < -0.3 is 26.2 Å². The van der Waals surface area contributed by atoms with Gasteiger partial charge in [-0.25, -0.2) is 9.37 Å². The number of nitrogens with one attached hydrogen (secondary N) is 2. The van der Waals surface area contributed by atoms with Gasteiger partial charge in [0.1, 0.15) is 6.17 Å². The Kier molecular flexibility index (Phi) is 6.22. The summed E-state index contributed by atoms with van der Waals surface area (Å²) in [5.74, 6) is 0.165. The van der Waals surface area contributed by atoms with Gasteiger partial charge in [0.15, 0.2) is 5.82 Å². The SMILES string of the molecule is CCC1C[C@@H](Nc2nc(N[C@H]3CCOC[C@H]3F)ncc2N)CC[C@@]1(C)C(=O)O. The zero-order valence-electron chi connectivity index (χ0n) is 16.4. The largest absolute Gasteiger partial charge is 0.481 e. The van der Waals surface area contributed by atoms with Gasteiger partial charge in [0, 0.05) is 12.6 Å². The highest BCUT2D eigenvalue weighted by molar-refractivity contribution is 5.74. The number of aromatic nitrogens is 2. The molecular formula is C19H30FN5O3. The number of rotatable bonds is 6. The number of hydrogen-bond donors (Lipinski definition) is 4. The molecule has 0 spiro atoms. The van der Waals surface area contributed by atoms with Gasteiger partial charge in [-0.05, 0) is 38.5 Å². The predicted octanol–water partition coefficient (Wildman–Crippen LogP) is 2.68. The van der Waals surface area contributed by atoms with E-state index in [2.05, 4.69) is 20.6 Å². The second kappa shape index (κ2) is 8.46. The van der Waals surface area contributed by atoms with E-state index in [1.54, 1.807) is 0 Å². The number of carboxylic acid groups (broad SMARTS) is 1. The Morgan fingerprint density at radius 3 is 2.93 bits per heavy atom. The summed E-state index contributed by atoms with van der Waals surface area (Å²) >= 11 is 0.